The lowest BCUT2D eigenvalue weighted by molar-refractivity contribution is 0.372. The van der Waals surface area contributed by atoms with Gasteiger partial charge in [-0.05, 0) is 47.5 Å². The molecule has 5 nitrogen and oxygen atoms in total. The topological polar surface area (TPSA) is 66.7 Å². The maximum atomic E-state index is 10.0. The normalized spacial score (nSPS) is 11.1. The molecule has 0 aliphatic rings. The van der Waals surface area contributed by atoms with E-state index in [1.54, 1.807) is 18.3 Å². The Morgan fingerprint density at radius 2 is 2.08 bits per heavy atom. The number of rotatable bonds is 5. The Morgan fingerprint density at radius 1 is 1.27 bits per heavy atom. The van der Waals surface area contributed by atoms with Gasteiger partial charge in [0.1, 0.15) is 0 Å². The van der Waals surface area contributed by atoms with Crippen LogP contribution in [0.5, 0.6) is 11.5 Å². The number of hydrogen-bond donors (Lipinski definition) is 2. The third-order valence-electron chi connectivity index (χ3n) is 3.85. The molecule has 0 spiro atoms. The van der Waals surface area contributed by atoms with Crippen LogP contribution in [0.4, 0.5) is 5.13 Å². The molecule has 0 fully saturated rings. The maximum absolute atomic E-state index is 10.0. The van der Waals surface area contributed by atoms with E-state index in [-0.39, 0.29) is 5.75 Å². The minimum atomic E-state index is 0.0443. The lowest BCUT2D eigenvalue weighted by Gasteiger charge is -2.06. The molecule has 7 heteroatoms. The van der Waals surface area contributed by atoms with Crippen molar-refractivity contribution in [1.29, 1.82) is 0 Å². The summed E-state index contributed by atoms with van der Waals surface area (Å²) in [6.45, 7) is 4.16. The fraction of sp³-hybridized carbons (Fsp3) is 0.158. The summed E-state index contributed by atoms with van der Waals surface area (Å²) in [6, 6.07) is 9.80. The van der Waals surface area contributed by atoms with Gasteiger partial charge in [0, 0.05) is 16.5 Å². The largest absolute Gasteiger partial charge is 0.503 e. The second-order valence-corrected chi connectivity index (χ2v) is 7.40. The monoisotopic (exact) mass is 431 g/mol. The summed E-state index contributed by atoms with van der Waals surface area (Å²) in [5.74, 6) is 0.447. The van der Waals surface area contributed by atoms with Crippen LogP contribution in [0, 0.1) is 13.8 Å². The number of nitrogens with one attached hydrogen (secondary N) is 1. The zero-order valence-electron chi connectivity index (χ0n) is 14.6. The number of aromatic hydroxyl groups is 1. The minimum absolute atomic E-state index is 0.0443. The van der Waals surface area contributed by atoms with Crippen molar-refractivity contribution in [2.45, 2.75) is 13.8 Å². The van der Waals surface area contributed by atoms with Crippen molar-refractivity contribution in [3.8, 4) is 22.8 Å². The number of benzene rings is 2. The van der Waals surface area contributed by atoms with E-state index in [9.17, 15) is 5.11 Å². The van der Waals surface area contributed by atoms with Crippen molar-refractivity contribution < 1.29 is 9.84 Å². The van der Waals surface area contributed by atoms with Crippen LogP contribution in [0.15, 0.2) is 45.3 Å². The molecule has 0 unspecified atom stereocenters. The van der Waals surface area contributed by atoms with E-state index in [4.69, 9.17) is 4.74 Å². The zero-order valence-corrected chi connectivity index (χ0v) is 17.0. The van der Waals surface area contributed by atoms with E-state index in [1.807, 2.05) is 5.38 Å². The van der Waals surface area contributed by atoms with Crippen molar-refractivity contribution in [1.82, 2.24) is 4.98 Å². The summed E-state index contributed by atoms with van der Waals surface area (Å²) in [4.78, 5) is 4.58. The average Bonchev–Trinajstić information content (AvgIpc) is 3.07. The Kier molecular flexibility index (Phi) is 5.58. The number of aromatic nitrogens is 1. The van der Waals surface area contributed by atoms with E-state index < -0.39 is 0 Å². The highest BCUT2D eigenvalue weighted by Gasteiger charge is 2.10. The standard InChI is InChI=1S/C19H18BrN3O2S/c1-11-4-6-14(12(2)8-11)15-10-26-19(22-15)23-21-9-13-5-7-16(25-3)18(24)17(13)20/h4-10,24H,1-3H3,(H,22,23)/b21-9-. The highest BCUT2D eigenvalue weighted by atomic mass is 79.9. The van der Waals surface area contributed by atoms with E-state index in [0.29, 0.717) is 15.4 Å². The van der Waals surface area contributed by atoms with Gasteiger partial charge in [-0.15, -0.1) is 11.3 Å². The van der Waals surface area contributed by atoms with Gasteiger partial charge in [-0.25, -0.2) is 4.98 Å². The van der Waals surface area contributed by atoms with Gasteiger partial charge in [0.05, 0.1) is 23.5 Å². The highest BCUT2D eigenvalue weighted by Crippen LogP contribution is 2.35. The first kappa shape index (κ1) is 18.4. The quantitative estimate of drug-likeness (QED) is 0.421. The number of methoxy groups -OCH3 is 1. The van der Waals surface area contributed by atoms with Crippen LogP contribution in [0.2, 0.25) is 0 Å². The lowest BCUT2D eigenvalue weighted by atomic mass is 10.0. The van der Waals surface area contributed by atoms with Crippen LogP contribution in [0.1, 0.15) is 16.7 Å². The average molecular weight is 432 g/mol. The van der Waals surface area contributed by atoms with Crippen LogP contribution in [0.3, 0.4) is 0 Å². The van der Waals surface area contributed by atoms with E-state index in [1.165, 1.54) is 29.6 Å². The van der Waals surface area contributed by atoms with Crippen LogP contribution >= 0.6 is 27.3 Å². The van der Waals surface area contributed by atoms with E-state index >= 15 is 0 Å². The van der Waals surface area contributed by atoms with Crippen molar-refractivity contribution in [3.05, 3.63) is 56.9 Å². The Labute approximate surface area is 164 Å². The number of halogens is 1. The molecule has 0 saturated carbocycles. The zero-order chi connectivity index (χ0) is 18.7. The number of phenols is 1. The van der Waals surface area contributed by atoms with Gasteiger partial charge in [0.2, 0.25) is 5.13 Å². The second kappa shape index (κ2) is 7.88. The third-order valence-corrected chi connectivity index (χ3v) is 5.44. The van der Waals surface area contributed by atoms with Gasteiger partial charge in [-0.2, -0.15) is 5.10 Å². The molecule has 0 amide bonds. The number of ether oxygens (including phenoxy) is 1. The maximum Gasteiger partial charge on any atom is 0.203 e. The molecule has 0 saturated heterocycles. The molecular formula is C19H18BrN3O2S. The molecule has 0 radical (unpaired) electrons. The van der Waals surface area contributed by atoms with Gasteiger partial charge in [-0.3, -0.25) is 5.43 Å². The molecule has 1 heterocycles. The Bertz CT molecular complexity index is 969. The van der Waals surface area contributed by atoms with Gasteiger partial charge in [0.25, 0.3) is 0 Å². The molecule has 3 aromatic rings. The summed E-state index contributed by atoms with van der Waals surface area (Å²) in [5.41, 5.74) is 8.13. The Morgan fingerprint density at radius 3 is 2.81 bits per heavy atom. The van der Waals surface area contributed by atoms with Crippen molar-refractivity contribution in [2.24, 2.45) is 5.10 Å². The number of aryl methyl sites for hydroxylation is 2. The first-order chi connectivity index (χ1) is 12.5. The lowest BCUT2D eigenvalue weighted by Crippen LogP contribution is -1.93. The van der Waals surface area contributed by atoms with Gasteiger partial charge in [0.15, 0.2) is 11.5 Å². The van der Waals surface area contributed by atoms with E-state index in [2.05, 4.69) is 63.5 Å². The fourth-order valence-corrected chi connectivity index (χ4v) is 3.62. The molecule has 2 N–H and O–H groups in total. The number of phenolic OH excluding ortho intramolecular Hbond substituents is 1. The number of thiazole rings is 1. The van der Waals surface area contributed by atoms with Crippen molar-refractivity contribution in [3.63, 3.8) is 0 Å². The van der Waals surface area contributed by atoms with Crippen LogP contribution in [-0.2, 0) is 0 Å². The summed E-state index contributed by atoms with van der Waals surface area (Å²) in [5, 5.41) is 16.9. The molecule has 0 bridgehead atoms. The number of nitrogens with zero attached hydrogens (tertiary/aromatic N) is 2. The van der Waals surface area contributed by atoms with Crippen LogP contribution in [0.25, 0.3) is 11.3 Å². The number of hydrogen-bond acceptors (Lipinski definition) is 6. The molecule has 0 aliphatic carbocycles. The highest BCUT2D eigenvalue weighted by molar-refractivity contribution is 9.10. The summed E-state index contributed by atoms with van der Waals surface area (Å²) < 4.78 is 5.59. The Balaban J connectivity index is 1.74. The molecule has 1 aromatic heterocycles. The molecule has 2 aromatic carbocycles. The first-order valence-corrected chi connectivity index (χ1v) is 9.54. The third kappa shape index (κ3) is 3.89. The number of anilines is 1. The van der Waals surface area contributed by atoms with Gasteiger partial charge < -0.3 is 9.84 Å². The second-order valence-electron chi connectivity index (χ2n) is 5.75. The predicted molar refractivity (Wildman–Crippen MR) is 111 cm³/mol. The van der Waals surface area contributed by atoms with Crippen molar-refractivity contribution >= 4 is 38.6 Å². The SMILES string of the molecule is COc1ccc(/C=N\Nc2nc(-c3ccc(C)cc3C)cs2)c(Br)c1O. The minimum Gasteiger partial charge on any atom is -0.503 e. The Hall–Kier alpha value is -2.38. The smallest absolute Gasteiger partial charge is 0.203 e. The van der Waals surface area contributed by atoms with E-state index in [0.717, 1.165) is 16.8 Å². The summed E-state index contributed by atoms with van der Waals surface area (Å²) in [6.07, 6.45) is 1.61. The van der Waals surface area contributed by atoms with Crippen LogP contribution in [-0.4, -0.2) is 23.4 Å². The van der Waals surface area contributed by atoms with Gasteiger partial charge >= 0.3 is 0 Å². The molecule has 0 aliphatic heterocycles. The van der Waals surface area contributed by atoms with Gasteiger partial charge in [-0.1, -0.05) is 23.8 Å². The number of hydrazone groups is 1. The molecule has 134 valence electrons. The predicted octanol–water partition coefficient (Wildman–Crippen LogP) is 5.35. The molecule has 3 rings (SSSR count). The molecular weight excluding hydrogens is 414 g/mol. The molecule has 26 heavy (non-hydrogen) atoms. The first-order valence-electron chi connectivity index (χ1n) is 7.87. The summed E-state index contributed by atoms with van der Waals surface area (Å²) >= 11 is 4.83. The van der Waals surface area contributed by atoms with Crippen LogP contribution < -0.4 is 10.2 Å². The fourth-order valence-electron chi connectivity index (χ4n) is 2.53. The van der Waals surface area contributed by atoms with Crippen molar-refractivity contribution in [2.75, 3.05) is 12.5 Å². The molecule has 0 atom stereocenters. The summed E-state index contributed by atoms with van der Waals surface area (Å²) in [7, 11) is 1.51.